The molecule has 1 unspecified atom stereocenters. The molecule has 4 heterocycles. The van der Waals surface area contributed by atoms with Gasteiger partial charge in [0.15, 0.2) is 0 Å². The Labute approximate surface area is 382 Å². The third kappa shape index (κ3) is 7.65. The van der Waals surface area contributed by atoms with Crippen molar-refractivity contribution in [1.29, 1.82) is 0 Å². The highest BCUT2D eigenvalue weighted by atomic mass is 19.3. The Morgan fingerprint density at radius 1 is 0.818 bits per heavy atom. The molecule has 0 radical (unpaired) electrons. The fraction of sp³-hybridized carbons (Fsp3) is 0.480. The van der Waals surface area contributed by atoms with Crippen molar-refractivity contribution in [3.05, 3.63) is 83.6 Å². The molecule has 2 saturated heterocycles. The molecule has 66 heavy (non-hydrogen) atoms. The van der Waals surface area contributed by atoms with Gasteiger partial charge in [0.1, 0.15) is 23.7 Å². The van der Waals surface area contributed by atoms with Crippen LogP contribution in [0.25, 0.3) is 44.5 Å². The summed E-state index contributed by atoms with van der Waals surface area (Å²) in [6.45, 7) is 12.2. The standard InChI is InChI=1S/C50H58F2N8O6/c1-9-49(6)22-39(59(24-49)45(61)40(25(2)3)57-47(63)65-7)43-53-23-38(56-43)29-12-16-33-32-15-11-27(19-34(32)50(51,52)35(33)20-29)28-13-17-36-37(21-28)55-44(54-36)42-30-10-14-31(18-30)60(42)46(62)41(26(4)5)58-48(64)66-8/h11-13,15-17,19-21,23,25-26,30-31,39-42H,9-10,14,18,22,24H2,1-8H3,(H,53,56)(H,54,55)(H,57,63)(H,58,64)/t30-,31+,39-,40-,41-,42-,49?/m0/s1. The van der Waals surface area contributed by atoms with Crippen LogP contribution in [0.4, 0.5) is 18.4 Å². The number of nitrogens with zero attached hydrogens (tertiary/aromatic N) is 4. The molecule has 9 rings (SSSR count). The van der Waals surface area contributed by atoms with Crippen LogP contribution in [0, 0.1) is 23.2 Å². The largest absolute Gasteiger partial charge is 0.453 e. The van der Waals surface area contributed by atoms with Crippen LogP contribution in [0.15, 0.2) is 60.8 Å². The van der Waals surface area contributed by atoms with Crippen molar-refractivity contribution in [3.63, 3.8) is 0 Å². The van der Waals surface area contributed by atoms with E-state index in [0.29, 0.717) is 58.1 Å². The maximum atomic E-state index is 16.7. The maximum Gasteiger partial charge on any atom is 0.407 e. The molecule has 7 atom stereocenters. The van der Waals surface area contributed by atoms with Gasteiger partial charge in [-0.3, -0.25) is 9.59 Å². The number of fused-ring (bicyclic) bond motifs is 6. The van der Waals surface area contributed by atoms with Gasteiger partial charge < -0.3 is 39.9 Å². The first-order chi connectivity index (χ1) is 31.4. The average molecular weight is 905 g/mol. The highest BCUT2D eigenvalue weighted by Crippen LogP contribution is 2.54. The first-order valence-electron chi connectivity index (χ1n) is 23.0. The number of ether oxygens (including phenoxy) is 2. The summed E-state index contributed by atoms with van der Waals surface area (Å²) >= 11 is 0. The van der Waals surface area contributed by atoms with Crippen molar-refractivity contribution >= 4 is 35.0 Å². The minimum absolute atomic E-state index is 0.0430. The van der Waals surface area contributed by atoms with Crippen molar-refractivity contribution in [2.75, 3.05) is 20.8 Å². The van der Waals surface area contributed by atoms with Gasteiger partial charge in [-0.05, 0) is 102 Å². The molecule has 2 aliphatic heterocycles. The lowest BCUT2D eigenvalue weighted by atomic mass is 9.85. The van der Waals surface area contributed by atoms with E-state index in [1.54, 1.807) is 35.4 Å². The second-order valence-corrected chi connectivity index (χ2v) is 19.6. The molecule has 5 aromatic rings. The fourth-order valence-corrected chi connectivity index (χ4v) is 10.9. The molecule has 2 aliphatic carbocycles. The lowest BCUT2D eigenvalue weighted by molar-refractivity contribution is -0.139. The van der Waals surface area contributed by atoms with Crippen molar-refractivity contribution < 1.29 is 37.4 Å². The van der Waals surface area contributed by atoms with Gasteiger partial charge >= 0.3 is 12.2 Å². The van der Waals surface area contributed by atoms with Gasteiger partial charge in [-0.1, -0.05) is 71.9 Å². The quantitative estimate of drug-likeness (QED) is 0.102. The van der Waals surface area contributed by atoms with E-state index in [1.165, 1.54) is 20.3 Å². The summed E-state index contributed by atoms with van der Waals surface area (Å²) in [5.74, 6) is -2.63. The molecule has 3 fully saturated rings. The van der Waals surface area contributed by atoms with E-state index in [0.717, 1.165) is 36.8 Å². The van der Waals surface area contributed by atoms with Crippen molar-refractivity contribution in [2.45, 2.75) is 110 Å². The number of hydrogen-bond donors (Lipinski definition) is 4. The predicted molar refractivity (Wildman–Crippen MR) is 244 cm³/mol. The maximum absolute atomic E-state index is 16.7. The van der Waals surface area contributed by atoms with E-state index >= 15 is 8.78 Å². The number of alkyl carbamates (subject to hydrolysis) is 2. The highest BCUT2D eigenvalue weighted by Gasteiger charge is 2.52. The fourth-order valence-electron chi connectivity index (χ4n) is 10.9. The van der Waals surface area contributed by atoms with Crippen LogP contribution >= 0.6 is 0 Å². The van der Waals surface area contributed by atoms with E-state index in [1.807, 2.05) is 56.9 Å². The van der Waals surface area contributed by atoms with Crippen molar-refractivity contribution in [2.24, 2.45) is 23.2 Å². The number of alkyl halides is 2. The molecule has 2 bridgehead atoms. The normalized spacial score (nSPS) is 23.6. The van der Waals surface area contributed by atoms with Crippen LogP contribution in [0.2, 0.25) is 0 Å². The Morgan fingerprint density at radius 3 is 2.06 bits per heavy atom. The van der Waals surface area contributed by atoms with Gasteiger partial charge in [-0.2, -0.15) is 8.78 Å². The zero-order chi connectivity index (χ0) is 47.0. The second kappa shape index (κ2) is 16.8. The smallest absolute Gasteiger partial charge is 0.407 e. The Balaban J connectivity index is 0.965. The number of piperidine rings is 1. The lowest BCUT2D eigenvalue weighted by Gasteiger charge is -2.37. The van der Waals surface area contributed by atoms with Crippen LogP contribution in [0.3, 0.4) is 0 Å². The van der Waals surface area contributed by atoms with Gasteiger partial charge in [0.05, 0.1) is 43.0 Å². The summed E-state index contributed by atoms with van der Waals surface area (Å²) in [4.78, 5) is 72.8. The molecule has 4 N–H and O–H groups in total. The van der Waals surface area contributed by atoms with Gasteiger partial charge in [-0.25, -0.2) is 19.6 Å². The average Bonchev–Trinajstić information content (AvgIpc) is 4.18. The number of aromatic nitrogens is 4. The molecule has 4 amide bonds. The molecule has 2 aromatic heterocycles. The third-order valence-electron chi connectivity index (χ3n) is 14.7. The number of hydrogen-bond acceptors (Lipinski definition) is 8. The van der Waals surface area contributed by atoms with Crippen LogP contribution in [-0.2, 0) is 25.0 Å². The summed E-state index contributed by atoms with van der Waals surface area (Å²) in [6, 6.07) is 13.6. The minimum atomic E-state index is -3.30. The van der Waals surface area contributed by atoms with E-state index in [9.17, 15) is 19.2 Å². The molecule has 14 nitrogen and oxygen atoms in total. The highest BCUT2D eigenvalue weighted by molar-refractivity contribution is 5.89. The molecule has 16 heteroatoms. The van der Waals surface area contributed by atoms with Gasteiger partial charge in [0.25, 0.3) is 5.92 Å². The molecular weight excluding hydrogens is 847 g/mol. The van der Waals surface area contributed by atoms with Crippen LogP contribution in [0.1, 0.15) is 109 Å². The second-order valence-electron chi connectivity index (χ2n) is 19.6. The van der Waals surface area contributed by atoms with Crippen LogP contribution in [0.5, 0.6) is 0 Å². The number of rotatable bonds is 11. The number of amides is 4. The number of benzene rings is 3. The predicted octanol–water partition coefficient (Wildman–Crippen LogP) is 9.24. The molecule has 348 valence electrons. The molecule has 1 saturated carbocycles. The summed E-state index contributed by atoms with van der Waals surface area (Å²) in [6.07, 6.45) is 4.52. The lowest BCUT2D eigenvalue weighted by Crippen LogP contribution is -2.54. The first kappa shape index (κ1) is 44.9. The van der Waals surface area contributed by atoms with E-state index in [-0.39, 0.29) is 58.2 Å². The number of methoxy groups -OCH3 is 2. The summed E-state index contributed by atoms with van der Waals surface area (Å²) in [5.41, 5.74) is 4.30. The SMILES string of the molecule is CCC1(C)C[C@@H](c2nc(-c3ccc4c(c3)C(F)(F)c3cc(-c5ccc6nc([C@@H]7[C@H]8CC[C@H](C8)N7C(=O)[C@@H](NC(=O)OC)C(C)C)[nH]c6c5)ccc3-4)c[nH]2)N(C(=O)[C@@H](NC(=O)OC)C(C)C)C1. The van der Waals surface area contributed by atoms with E-state index < -0.39 is 36.2 Å². The Hall–Kier alpha value is -6.32. The molecule has 3 aromatic carbocycles. The number of H-pyrrole nitrogens is 2. The number of nitrogens with one attached hydrogen (secondary N) is 4. The zero-order valence-electron chi connectivity index (χ0n) is 38.6. The number of imidazole rings is 2. The van der Waals surface area contributed by atoms with E-state index in [4.69, 9.17) is 19.4 Å². The number of carbonyl (C=O) groups excluding carboxylic acids is 4. The topological polar surface area (TPSA) is 175 Å². The van der Waals surface area contributed by atoms with Gasteiger partial charge in [0.2, 0.25) is 11.8 Å². The van der Waals surface area contributed by atoms with Crippen molar-refractivity contribution in [3.8, 4) is 33.5 Å². The van der Waals surface area contributed by atoms with Crippen LogP contribution in [-0.4, -0.2) is 92.6 Å². The molecule has 4 aliphatic rings. The first-order valence-corrected chi connectivity index (χ1v) is 23.0. The number of carbonyl (C=O) groups is 4. The van der Waals surface area contributed by atoms with Gasteiger partial charge in [-0.15, -0.1) is 0 Å². The summed E-state index contributed by atoms with van der Waals surface area (Å²) in [5, 5.41) is 5.43. The summed E-state index contributed by atoms with van der Waals surface area (Å²) in [7, 11) is 2.54. The summed E-state index contributed by atoms with van der Waals surface area (Å²) < 4.78 is 43.0. The number of aromatic amines is 2. The Morgan fingerprint density at radius 2 is 1.42 bits per heavy atom. The van der Waals surface area contributed by atoms with Crippen molar-refractivity contribution in [1.82, 2.24) is 40.4 Å². The number of likely N-dealkylation sites (tertiary alicyclic amines) is 2. The molecular formula is C50H58F2N8O6. The minimum Gasteiger partial charge on any atom is -0.453 e. The van der Waals surface area contributed by atoms with Crippen LogP contribution < -0.4 is 10.6 Å². The zero-order valence-corrected chi connectivity index (χ0v) is 38.6. The Bertz CT molecular complexity index is 2730. The number of halogens is 2. The Kier molecular flexibility index (Phi) is 11.4. The molecule has 0 spiro atoms. The van der Waals surface area contributed by atoms with Gasteiger partial charge in [0, 0.05) is 35.5 Å². The van der Waals surface area contributed by atoms with E-state index in [2.05, 4.69) is 34.4 Å². The monoisotopic (exact) mass is 904 g/mol. The third-order valence-corrected chi connectivity index (χ3v) is 14.7.